The maximum absolute atomic E-state index is 13.8. The van der Waals surface area contributed by atoms with Crippen molar-refractivity contribution in [1.82, 2.24) is 5.32 Å². The minimum atomic E-state index is -0.671. The maximum Gasteiger partial charge on any atom is 0.336 e. The average Bonchev–Trinajstić information content (AvgIpc) is 2.87. The molecule has 0 saturated carbocycles. The third-order valence-electron chi connectivity index (χ3n) is 6.66. The fraction of sp³-hybridized carbons (Fsp3) is 0.357. The molecule has 0 aromatic heterocycles. The van der Waals surface area contributed by atoms with Crippen LogP contribution in [0.25, 0.3) is 0 Å². The number of carbonyl (C=O) groups excluding carboxylic acids is 2. The molecule has 8 heteroatoms. The Morgan fingerprint density at radius 2 is 1.83 bits per heavy atom. The summed E-state index contributed by atoms with van der Waals surface area (Å²) in [6, 6.07) is 11.0. The predicted molar refractivity (Wildman–Crippen MR) is 140 cm³/mol. The number of nitrogens with one attached hydrogen (secondary N) is 1. The van der Waals surface area contributed by atoms with Crippen LogP contribution in [0.3, 0.4) is 0 Å². The van der Waals surface area contributed by atoms with Crippen LogP contribution in [0.5, 0.6) is 11.5 Å². The number of ether oxygens (including phenoxy) is 3. The summed E-state index contributed by atoms with van der Waals surface area (Å²) in [5.41, 5.74) is 3.91. The molecule has 2 aliphatic rings. The number of Topliss-reactive ketones (excluding diaryl/α,β-unsaturated/α-hetero) is 1. The van der Waals surface area contributed by atoms with Crippen molar-refractivity contribution in [3.05, 3.63) is 80.1 Å². The molecule has 1 aliphatic heterocycles. The van der Waals surface area contributed by atoms with Crippen molar-refractivity contribution in [2.45, 2.75) is 44.9 Å². The fourth-order valence-electron chi connectivity index (χ4n) is 4.98. The zero-order valence-corrected chi connectivity index (χ0v) is 22.3. The minimum absolute atomic E-state index is 0.0575. The first kappa shape index (κ1) is 26.1. The van der Waals surface area contributed by atoms with E-state index >= 15 is 0 Å². The summed E-state index contributed by atoms with van der Waals surface area (Å²) < 4.78 is 16.3. The Kier molecular flexibility index (Phi) is 7.96. The molecule has 6 nitrogen and oxygen atoms in total. The second-order valence-electron chi connectivity index (χ2n) is 8.91. The molecule has 0 unspecified atom stereocenters. The summed E-state index contributed by atoms with van der Waals surface area (Å²) in [5, 5.41) is 4.03. The number of rotatable bonds is 7. The first-order valence-electron chi connectivity index (χ1n) is 11.9. The summed E-state index contributed by atoms with van der Waals surface area (Å²) in [7, 11) is 3.17. The lowest BCUT2D eigenvalue weighted by Gasteiger charge is -2.37. The number of ketones is 1. The third-order valence-corrected chi connectivity index (χ3v) is 7.49. The van der Waals surface area contributed by atoms with Gasteiger partial charge in [-0.05, 0) is 55.0 Å². The molecular formula is C28H29Cl2NO5. The molecule has 0 radical (unpaired) electrons. The van der Waals surface area contributed by atoms with Gasteiger partial charge in [-0.3, -0.25) is 4.79 Å². The number of hydrogen-bond donors (Lipinski definition) is 1. The Balaban J connectivity index is 1.80. The van der Waals surface area contributed by atoms with Crippen molar-refractivity contribution in [1.29, 1.82) is 0 Å². The molecule has 2 aromatic carbocycles. The number of dihydropyridines is 1. The quantitative estimate of drug-likeness (QED) is 0.422. The summed E-state index contributed by atoms with van der Waals surface area (Å²) in [4.78, 5) is 26.9. The highest BCUT2D eigenvalue weighted by molar-refractivity contribution is 6.42. The molecule has 36 heavy (non-hydrogen) atoms. The van der Waals surface area contributed by atoms with Gasteiger partial charge >= 0.3 is 5.97 Å². The van der Waals surface area contributed by atoms with Crippen LogP contribution in [0.2, 0.25) is 10.0 Å². The molecule has 2 aromatic rings. The highest BCUT2D eigenvalue weighted by Gasteiger charge is 2.42. The average molecular weight is 530 g/mol. The van der Waals surface area contributed by atoms with Crippen LogP contribution in [-0.2, 0) is 14.3 Å². The molecule has 2 atom stereocenters. The Morgan fingerprint density at radius 3 is 2.53 bits per heavy atom. The van der Waals surface area contributed by atoms with Crippen molar-refractivity contribution >= 4 is 35.0 Å². The van der Waals surface area contributed by atoms with Crippen molar-refractivity contribution in [2.24, 2.45) is 0 Å². The van der Waals surface area contributed by atoms with E-state index in [9.17, 15) is 9.59 Å². The van der Waals surface area contributed by atoms with Gasteiger partial charge in [-0.2, -0.15) is 0 Å². The van der Waals surface area contributed by atoms with Crippen molar-refractivity contribution in [2.75, 3.05) is 20.8 Å². The topological polar surface area (TPSA) is 73.9 Å². The lowest BCUT2D eigenvalue weighted by Crippen LogP contribution is -2.36. The second-order valence-corrected chi connectivity index (χ2v) is 9.70. The highest BCUT2D eigenvalue weighted by atomic mass is 35.5. The highest BCUT2D eigenvalue weighted by Crippen LogP contribution is 2.48. The number of methoxy groups -OCH3 is 2. The van der Waals surface area contributed by atoms with E-state index in [1.54, 1.807) is 26.4 Å². The van der Waals surface area contributed by atoms with Crippen LogP contribution >= 0.6 is 23.2 Å². The maximum atomic E-state index is 13.8. The standard InChI is InChI=1S/C28H29Cl2NO5/c1-5-11-36-28(33)24-15(2)31-20-12-17(16-9-10-22(34-3)23(14-16)35-4)13-21(32)26(20)25(24)18-7-6-8-19(29)27(18)30/h6-10,14,17,25,31H,5,11-13H2,1-4H3/t17-,25+/m1/s1. The Hall–Kier alpha value is -2.96. The van der Waals surface area contributed by atoms with E-state index in [-0.39, 0.29) is 24.7 Å². The van der Waals surface area contributed by atoms with E-state index in [1.807, 2.05) is 38.1 Å². The van der Waals surface area contributed by atoms with Gasteiger partial charge in [0.15, 0.2) is 17.3 Å². The summed E-state index contributed by atoms with van der Waals surface area (Å²) in [5.74, 6) is -0.0265. The molecule has 4 rings (SSSR count). The molecule has 0 saturated heterocycles. The monoisotopic (exact) mass is 529 g/mol. The van der Waals surface area contributed by atoms with Crippen molar-refractivity contribution in [3.8, 4) is 11.5 Å². The minimum Gasteiger partial charge on any atom is -0.493 e. The Bertz CT molecular complexity index is 1270. The Morgan fingerprint density at radius 1 is 1.08 bits per heavy atom. The third kappa shape index (κ3) is 4.84. The number of allylic oxidation sites excluding steroid dienone is 3. The normalized spacial score (nSPS) is 19.6. The first-order chi connectivity index (χ1) is 17.3. The molecule has 1 heterocycles. The first-order valence-corrected chi connectivity index (χ1v) is 12.6. The van der Waals surface area contributed by atoms with Crippen LogP contribution in [0, 0.1) is 0 Å². The number of halogens is 2. The molecule has 0 fully saturated rings. The molecule has 0 amide bonds. The van der Waals surface area contributed by atoms with Crippen LogP contribution in [-0.4, -0.2) is 32.6 Å². The van der Waals surface area contributed by atoms with E-state index in [1.165, 1.54) is 0 Å². The SMILES string of the molecule is CCCOC(=O)C1=C(C)NC2=C(C(=O)C[C@H](c3ccc(OC)c(OC)c3)C2)[C@H]1c1cccc(Cl)c1Cl. The zero-order valence-electron chi connectivity index (χ0n) is 20.7. The lowest BCUT2D eigenvalue weighted by atomic mass is 9.71. The predicted octanol–water partition coefficient (Wildman–Crippen LogP) is 6.33. The summed E-state index contributed by atoms with van der Waals surface area (Å²) >= 11 is 13.0. The Labute approximate surface area is 221 Å². The van der Waals surface area contributed by atoms with Gasteiger partial charge in [-0.25, -0.2) is 4.79 Å². The molecule has 0 spiro atoms. The molecule has 1 N–H and O–H groups in total. The van der Waals surface area contributed by atoms with Crippen LogP contribution in [0.4, 0.5) is 0 Å². The van der Waals surface area contributed by atoms with E-state index in [2.05, 4.69) is 5.32 Å². The largest absolute Gasteiger partial charge is 0.493 e. The number of esters is 1. The van der Waals surface area contributed by atoms with Crippen molar-refractivity contribution in [3.63, 3.8) is 0 Å². The van der Waals surface area contributed by atoms with Gasteiger partial charge in [-0.15, -0.1) is 0 Å². The van der Waals surface area contributed by atoms with Gasteiger partial charge in [0.1, 0.15) is 0 Å². The van der Waals surface area contributed by atoms with Crippen LogP contribution < -0.4 is 14.8 Å². The summed E-state index contributed by atoms with van der Waals surface area (Å²) in [6.07, 6.45) is 1.55. The van der Waals surface area contributed by atoms with E-state index in [0.717, 1.165) is 11.3 Å². The van der Waals surface area contributed by atoms with Crippen molar-refractivity contribution < 1.29 is 23.8 Å². The van der Waals surface area contributed by atoms with Crippen LogP contribution in [0.15, 0.2) is 58.9 Å². The van der Waals surface area contributed by atoms with Gasteiger partial charge in [0.25, 0.3) is 0 Å². The van der Waals surface area contributed by atoms with Gasteiger partial charge < -0.3 is 19.5 Å². The molecule has 1 aliphatic carbocycles. The number of hydrogen-bond acceptors (Lipinski definition) is 6. The van der Waals surface area contributed by atoms with Gasteiger partial charge in [0.05, 0.1) is 36.4 Å². The van der Waals surface area contributed by atoms with Gasteiger partial charge in [-0.1, -0.05) is 48.3 Å². The molecule has 0 bridgehead atoms. The lowest BCUT2D eigenvalue weighted by molar-refractivity contribution is -0.139. The van der Waals surface area contributed by atoms with Crippen LogP contribution in [0.1, 0.15) is 56.1 Å². The van der Waals surface area contributed by atoms with E-state index < -0.39 is 11.9 Å². The van der Waals surface area contributed by atoms with Gasteiger partial charge in [0.2, 0.25) is 0 Å². The zero-order chi connectivity index (χ0) is 26.0. The smallest absolute Gasteiger partial charge is 0.336 e. The number of carbonyl (C=O) groups is 2. The summed E-state index contributed by atoms with van der Waals surface area (Å²) in [6.45, 7) is 4.04. The number of benzene rings is 2. The molecular weight excluding hydrogens is 501 g/mol. The molecule has 190 valence electrons. The fourth-order valence-corrected chi connectivity index (χ4v) is 5.40. The second kappa shape index (κ2) is 11.0. The van der Waals surface area contributed by atoms with E-state index in [4.69, 9.17) is 37.4 Å². The van der Waals surface area contributed by atoms with E-state index in [0.29, 0.717) is 56.8 Å². The van der Waals surface area contributed by atoms with Gasteiger partial charge in [0, 0.05) is 29.3 Å².